The van der Waals surface area contributed by atoms with E-state index >= 15 is 0 Å². The molecule has 0 saturated heterocycles. The second-order valence-corrected chi connectivity index (χ2v) is 4.60. The number of nitrogens with one attached hydrogen (secondary N) is 1. The van der Waals surface area contributed by atoms with E-state index in [1.807, 2.05) is 16.9 Å². The van der Waals surface area contributed by atoms with Gasteiger partial charge in [0.15, 0.2) is 0 Å². The second kappa shape index (κ2) is 6.10. The molecule has 2 rings (SSSR count). The number of rotatable bonds is 5. The van der Waals surface area contributed by atoms with Gasteiger partial charge in [-0.1, -0.05) is 19.3 Å². The van der Waals surface area contributed by atoms with Gasteiger partial charge in [-0.2, -0.15) is 5.10 Å². The van der Waals surface area contributed by atoms with Crippen molar-refractivity contribution in [1.82, 2.24) is 15.1 Å². The first kappa shape index (κ1) is 12.5. The maximum Gasteiger partial charge on any atom is 0.250 e. The predicted octanol–water partition coefficient (Wildman–Crippen LogP) is 2.74. The van der Waals surface area contributed by atoms with E-state index in [-0.39, 0.29) is 6.54 Å². The highest BCUT2D eigenvalue weighted by Crippen LogP contribution is 2.27. The third-order valence-electron chi connectivity index (χ3n) is 3.22. The summed E-state index contributed by atoms with van der Waals surface area (Å²) in [6.07, 6.45) is 5.90. The van der Waals surface area contributed by atoms with Gasteiger partial charge in [0.2, 0.25) is 0 Å². The fraction of sp³-hybridized carbons (Fsp3) is 0.750. The summed E-state index contributed by atoms with van der Waals surface area (Å²) in [4.78, 5) is 0. The third-order valence-corrected chi connectivity index (χ3v) is 3.22. The molecule has 1 aromatic heterocycles. The Bertz CT molecular complexity index is 332. The van der Waals surface area contributed by atoms with Gasteiger partial charge in [-0.05, 0) is 18.9 Å². The smallest absolute Gasteiger partial charge is 0.250 e. The molecule has 1 aromatic rings. The molecule has 0 unspecified atom stereocenters. The zero-order valence-corrected chi connectivity index (χ0v) is 9.91. The van der Waals surface area contributed by atoms with Gasteiger partial charge in [0.25, 0.3) is 6.43 Å². The number of nitrogens with zero attached hydrogens (tertiary/aromatic N) is 2. The Morgan fingerprint density at radius 1 is 1.35 bits per heavy atom. The molecular weight excluding hydrogens is 224 g/mol. The Morgan fingerprint density at radius 2 is 2.12 bits per heavy atom. The minimum atomic E-state index is -2.30. The van der Waals surface area contributed by atoms with Crippen molar-refractivity contribution in [3.63, 3.8) is 0 Å². The third kappa shape index (κ3) is 3.77. The van der Waals surface area contributed by atoms with E-state index in [4.69, 9.17) is 0 Å². The highest BCUT2D eigenvalue weighted by atomic mass is 19.3. The fourth-order valence-electron chi connectivity index (χ4n) is 2.33. The maximum atomic E-state index is 11.9. The SMILES string of the molecule is FC(F)CNCc1ccn(C2CCCCC2)n1. The number of halogens is 2. The van der Waals surface area contributed by atoms with Crippen molar-refractivity contribution in [3.05, 3.63) is 18.0 Å². The van der Waals surface area contributed by atoms with Crippen LogP contribution in [0.15, 0.2) is 12.3 Å². The predicted molar refractivity (Wildman–Crippen MR) is 62.1 cm³/mol. The van der Waals surface area contributed by atoms with E-state index in [0.717, 1.165) is 5.69 Å². The molecule has 1 saturated carbocycles. The van der Waals surface area contributed by atoms with Crippen molar-refractivity contribution in [2.24, 2.45) is 0 Å². The summed E-state index contributed by atoms with van der Waals surface area (Å²) in [5.41, 5.74) is 0.844. The molecular formula is C12H19F2N3. The van der Waals surface area contributed by atoms with Crippen molar-refractivity contribution >= 4 is 0 Å². The highest BCUT2D eigenvalue weighted by Gasteiger charge is 2.15. The topological polar surface area (TPSA) is 29.9 Å². The zero-order chi connectivity index (χ0) is 12.1. The fourth-order valence-corrected chi connectivity index (χ4v) is 2.33. The van der Waals surface area contributed by atoms with Crippen LogP contribution in [0.2, 0.25) is 0 Å². The van der Waals surface area contributed by atoms with Crippen LogP contribution < -0.4 is 5.32 Å². The van der Waals surface area contributed by atoms with Crippen LogP contribution in [0.5, 0.6) is 0 Å². The van der Waals surface area contributed by atoms with Crippen LogP contribution in [-0.2, 0) is 6.54 Å². The van der Waals surface area contributed by atoms with Crippen LogP contribution >= 0.6 is 0 Å². The lowest BCUT2D eigenvalue weighted by Gasteiger charge is -2.21. The van der Waals surface area contributed by atoms with Gasteiger partial charge in [0, 0.05) is 12.7 Å². The maximum absolute atomic E-state index is 11.9. The first-order valence-electron chi connectivity index (χ1n) is 6.28. The molecule has 0 aliphatic heterocycles. The molecule has 0 aromatic carbocycles. The Balaban J connectivity index is 1.82. The van der Waals surface area contributed by atoms with E-state index in [2.05, 4.69) is 10.4 Å². The van der Waals surface area contributed by atoms with E-state index in [1.165, 1.54) is 32.1 Å². The molecule has 3 nitrogen and oxygen atoms in total. The molecule has 1 heterocycles. The van der Waals surface area contributed by atoms with E-state index < -0.39 is 6.43 Å². The quantitative estimate of drug-likeness (QED) is 0.861. The molecule has 1 N–H and O–H groups in total. The Morgan fingerprint density at radius 3 is 2.82 bits per heavy atom. The molecule has 0 atom stereocenters. The Hall–Kier alpha value is -0.970. The van der Waals surface area contributed by atoms with E-state index in [0.29, 0.717) is 12.6 Å². The normalized spacial score (nSPS) is 17.8. The minimum Gasteiger partial charge on any atom is -0.306 e. The number of alkyl halides is 2. The summed E-state index contributed by atoms with van der Waals surface area (Å²) in [5.74, 6) is 0. The molecule has 0 amide bonds. The monoisotopic (exact) mass is 243 g/mol. The lowest BCUT2D eigenvalue weighted by Crippen LogP contribution is -2.21. The average Bonchev–Trinajstić information content (AvgIpc) is 2.78. The second-order valence-electron chi connectivity index (χ2n) is 4.60. The standard InChI is InChI=1S/C12H19F2N3/c13-12(14)9-15-8-10-6-7-17(16-10)11-4-2-1-3-5-11/h6-7,11-12,15H,1-5,8-9H2. The van der Waals surface area contributed by atoms with Crippen LogP contribution in [0.25, 0.3) is 0 Å². The molecule has 0 radical (unpaired) electrons. The van der Waals surface area contributed by atoms with Gasteiger partial charge in [0.05, 0.1) is 18.3 Å². The lowest BCUT2D eigenvalue weighted by atomic mass is 9.96. The van der Waals surface area contributed by atoms with Crippen molar-refractivity contribution in [2.45, 2.75) is 51.1 Å². The van der Waals surface area contributed by atoms with Crippen molar-refractivity contribution in [3.8, 4) is 0 Å². The first-order chi connectivity index (χ1) is 8.25. The highest BCUT2D eigenvalue weighted by molar-refractivity contribution is 4.99. The summed E-state index contributed by atoms with van der Waals surface area (Å²) in [7, 11) is 0. The van der Waals surface area contributed by atoms with E-state index in [9.17, 15) is 8.78 Å². The van der Waals surface area contributed by atoms with Crippen molar-refractivity contribution in [1.29, 1.82) is 0 Å². The molecule has 1 aliphatic rings. The lowest BCUT2D eigenvalue weighted by molar-refractivity contribution is 0.145. The molecule has 1 aliphatic carbocycles. The number of hydrogen-bond acceptors (Lipinski definition) is 2. The van der Waals surface area contributed by atoms with Crippen LogP contribution in [0.1, 0.15) is 43.8 Å². The molecule has 1 fully saturated rings. The Kier molecular flexibility index (Phi) is 4.48. The van der Waals surface area contributed by atoms with Gasteiger partial charge in [-0.3, -0.25) is 4.68 Å². The summed E-state index contributed by atoms with van der Waals surface area (Å²) in [6.45, 7) is 0.153. The van der Waals surface area contributed by atoms with Crippen LogP contribution in [0.3, 0.4) is 0 Å². The Labute approximate surface area is 100 Å². The van der Waals surface area contributed by atoms with Crippen LogP contribution in [0, 0.1) is 0 Å². The molecule has 0 spiro atoms. The van der Waals surface area contributed by atoms with Crippen molar-refractivity contribution in [2.75, 3.05) is 6.54 Å². The van der Waals surface area contributed by atoms with Gasteiger partial charge in [-0.15, -0.1) is 0 Å². The zero-order valence-electron chi connectivity index (χ0n) is 9.91. The average molecular weight is 243 g/mol. The van der Waals surface area contributed by atoms with Crippen LogP contribution in [0.4, 0.5) is 8.78 Å². The summed E-state index contributed by atoms with van der Waals surface area (Å²) in [6, 6.07) is 2.42. The summed E-state index contributed by atoms with van der Waals surface area (Å²) >= 11 is 0. The molecule has 5 heteroatoms. The van der Waals surface area contributed by atoms with Gasteiger partial charge >= 0.3 is 0 Å². The largest absolute Gasteiger partial charge is 0.306 e. The van der Waals surface area contributed by atoms with Gasteiger partial charge in [-0.25, -0.2) is 8.78 Å². The van der Waals surface area contributed by atoms with Crippen molar-refractivity contribution < 1.29 is 8.78 Å². The molecule has 0 bridgehead atoms. The molecule has 96 valence electrons. The minimum absolute atomic E-state index is 0.268. The summed E-state index contributed by atoms with van der Waals surface area (Å²) < 4.78 is 25.9. The number of hydrogen-bond donors (Lipinski definition) is 1. The first-order valence-corrected chi connectivity index (χ1v) is 6.28. The van der Waals surface area contributed by atoms with Gasteiger partial charge < -0.3 is 5.32 Å². The molecule has 17 heavy (non-hydrogen) atoms. The van der Waals surface area contributed by atoms with Gasteiger partial charge in [0.1, 0.15) is 0 Å². The van der Waals surface area contributed by atoms with Crippen LogP contribution in [-0.4, -0.2) is 22.8 Å². The van der Waals surface area contributed by atoms with E-state index in [1.54, 1.807) is 0 Å². The number of aromatic nitrogens is 2. The summed E-state index contributed by atoms with van der Waals surface area (Å²) in [5, 5.41) is 7.13.